The molecule has 0 unspecified atom stereocenters. The molecule has 2 heterocycles. The minimum Gasteiger partial charge on any atom is -0.504 e. The van der Waals surface area contributed by atoms with Crippen LogP contribution < -0.4 is 0 Å². The molecule has 0 bridgehead atoms. The van der Waals surface area contributed by atoms with Crippen LogP contribution in [0, 0.1) is 5.82 Å². The van der Waals surface area contributed by atoms with E-state index in [4.69, 9.17) is 0 Å². The molecule has 2 N–H and O–H groups in total. The van der Waals surface area contributed by atoms with Gasteiger partial charge in [-0.15, -0.1) is 10.2 Å². The van der Waals surface area contributed by atoms with Gasteiger partial charge in [-0.3, -0.25) is 9.48 Å². The van der Waals surface area contributed by atoms with Crippen LogP contribution in [0.1, 0.15) is 21.9 Å². The summed E-state index contributed by atoms with van der Waals surface area (Å²) >= 11 is 0. The van der Waals surface area contributed by atoms with Gasteiger partial charge in [-0.2, -0.15) is 10.3 Å². The largest absolute Gasteiger partial charge is 0.504 e. The first-order valence-electron chi connectivity index (χ1n) is 6.58. The van der Waals surface area contributed by atoms with Gasteiger partial charge in [0.15, 0.2) is 5.76 Å². The lowest BCUT2D eigenvalue weighted by molar-refractivity contribution is 0.103. The van der Waals surface area contributed by atoms with Crippen LogP contribution >= 0.6 is 0 Å². The summed E-state index contributed by atoms with van der Waals surface area (Å²) in [4.78, 5) is 12.2. The van der Waals surface area contributed by atoms with Crippen LogP contribution in [0.5, 0.6) is 0 Å². The summed E-state index contributed by atoms with van der Waals surface area (Å²) in [5.74, 6) is -1.35. The predicted octanol–water partition coefficient (Wildman–Crippen LogP) is 1.37. The Morgan fingerprint density at radius 2 is 2.26 bits per heavy atom. The van der Waals surface area contributed by atoms with Gasteiger partial charge in [0.05, 0.1) is 6.54 Å². The van der Waals surface area contributed by atoms with Gasteiger partial charge in [-0.1, -0.05) is 12.1 Å². The Labute approximate surface area is 129 Å². The first-order valence-corrected chi connectivity index (χ1v) is 6.58. The van der Waals surface area contributed by atoms with Gasteiger partial charge in [-0.25, -0.2) is 4.39 Å². The van der Waals surface area contributed by atoms with Crippen LogP contribution in [-0.2, 0) is 6.54 Å². The number of aromatic amines is 1. The number of hydrogen-bond donors (Lipinski definition) is 2. The number of H-pyrrole nitrogens is 1. The van der Waals surface area contributed by atoms with Gasteiger partial charge in [-0.05, 0) is 29.0 Å². The molecule has 116 valence electrons. The highest BCUT2D eigenvalue weighted by atomic mass is 19.1. The maximum absolute atomic E-state index is 13.2. The summed E-state index contributed by atoms with van der Waals surface area (Å²) in [5, 5.41) is 26.4. The monoisotopic (exact) mass is 314 g/mol. The summed E-state index contributed by atoms with van der Waals surface area (Å²) in [6.07, 6.45) is 2.43. The highest BCUT2D eigenvalue weighted by molar-refractivity contribution is 6.06. The topological polar surface area (TPSA) is 110 Å². The van der Waals surface area contributed by atoms with E-state index in [2.05, 4.69) is 25.7 Å². The van der Waals surface area contributed by atoms with E-state index < -0.39 is 11.5 Å². The van der Waals surface area contributed by atoms with Crippen molar-refractivity contribution in [3.05, 3.63) is 65.5 Å². The number of aromatic nitrogens is 6. The van der Waals surface area contributed by atoms with Gasteiger partial charge in [0.2, 0.25) is 11.6 Å². The maximum atomic E-state index is 13.2. The fourth-order valence-electron chi connectivity index (χ4n) is 2.01. The lowest BCUT2D eigenvalue weighted by atomic mass is 10.2. The Morgan fingerprint density at radius 1 is 1.39 bits per heavy atom. The number of rotatable bonds is 5. The average Bonchev–Trinajstić information content (AvgIpc) is 3.18. The number of aliphatic hydroxyl groups is 1. The van der Waals surface area contributed by atoms with Crippen molar-refractivity contribution in [3.8, 4) is 0 Å². The molecule has 2 aromatic heterocycles. The molecule has 0 atom stereocenters. The lowest BCUT2D eigenvalue weighted by Gasteiger charge is -2.05. The lowest BCUT2D eigenvalue weighted by Crippen LogP contribution is -2.10. The van der Waals surface area contributed by atoms with Crippen molar-refractivity contribution < 1.29 is 14.3 Å². The van der Waals surface area contributed by atoms with E-state index in [-0.39, 0.29) is 23.9 Å². The molecular formula is C14H11FN6O2. The summed E-state index contributed by atoms with van der Waals surface area (Å²) < 4.78 is 14.6. The number of allylic oxidation sites excluding steroid dienone is 1. The van der Waals surface area contributed by atoms with E-state index in [1.165, 1.54) is 29.1 Å². The minimum absolute atomic E-state index is 0.0884. The number of tetrazole rings is 1. The summed E-state index contributed by atoms with van der Waals surface area (Å²) in [6, 6.07) is 7.51. The second-order valence-electron chi connectivity index (χ2n) is 4.63. The molecule has 3 rings (SSSR count). The van der Waals surface area contributed by atoms with Crippen molar-refractivity contribution in [3.63, 3.8) is 0 Å². The van der Waals surface area contributed by atoms with Gasteiger partial charge in [0, 0.05) is 12.3 Å². The maximum Gasteiger partial charge on any atom is 0.239 e. The predicted molar refractivity (Wildman–Crippen MR) is 76.8 cm³/mol. The van der Waals surface area contributed by atoms with Crippen molar-refractivity contribution in [1.29, 1.82) is 0 Å². The Morgan fingerprint density at radius 3 is 3.00 bits per heavy atom. The standard InChI is InChI=1S/C14H11FN6O2/c15-10-3-1-2-9(6-10)8-21-11(4-5-16-21)12(22)7-13(23)14-17-19-20-18-14/h1-7,23H,8H2,(H,17,18,19,20). The van der Waals surface area contributed by atoms with Crippen LogP contribution in [0.15, 0.2) is 42.6 Å². The molecule has 3 aromatic rings. The van der Waals surface area contributed by atoms with E-state index in [1.807, 2.05) is 0 Å². The number of carbonyl (C=O) groups is 1. The number of benzene rings is 1. The summed E-state index contributed by atoms with van der Waals surface area (Å²) in [5.41, 5.74) is 0.901. The van der Waals surface area contributed by atoms with Crippen molar-refractivity contribution >= 4 is 11.5 Å². The Bertz CT molecular complexity index is 856. The fraction of sp³-hybridized carbons (Fsp3) is 0.0714. The molecule has 0 spiro atoms. The Kier molecular flexibility index (Phi) is 3.91. The SMILES string of the molecule is O=C(C=C(O)c1nn[nH]n1)c1ccnn1Cc1cccc(F)c1. The number of nitrogens with zero attached hydrogens (tertiary/aromatic N) is 5. The third-order valence-corrected chi connectivity index (χ3v) is 3.03. The molecule has 0 saturated carbocycles. The number of ketones is 1. The molecule has 0 aliphatic rings. The first-order chi connectivity index (χ1) is 11.1. The third-order valence-electron chi connectivity index (χ3n) is 3.03. The van der Waals surface area contributed by atoms with Gasteiger partial charge < -0.3 is 5.11 Å². The number of halogens is 1. The number of nitrogens with one attached hydrogen (secondary N) is 1. The Hall–Kier alpha value is -3.36. The van der Waals surface area contributed by atoms with E-state index in [0.717, 1.165) is 6.08 Å². The molecule has 0 amide bonds. The molecule has 0 aliphatic carbocycles. The molecule has 1 aromatic carbocycles. The fourth-order valence-corrected chi connectivity index (χ4v) is 2.01. The number of aliphatic hydroxyl groups excluding tert-OH is 1. The van der Waals surface area contributed by atoms with Crippen LogP contribution in [0.25, 0.3) is 5.76 Å². The zero-order valence-corrected chi connectivity index (χ0v) is 11.7. The number of carbonyl (C=O) groups excluding carboxylic acids is 1. The molecule has 23 heavy (non-hydrogen) atoms. The zero-order valence-electron chi connectivity index (χ0n) is 11.7. The quantitative estimate of drug-likeness (QED) is 0.418. The molecule has 8 nitrogen and oxygen atoms in total. The smallest absolute Gasteiger partial charge is 0.239 e. The molecule has 0 fully saturated rings. The van der Waals surface area contributed by atoms with Crippen molar-refractivity contribution in [2.45, 2.75) is 6.54 Å². The molecule has 0 aliphatic heterocycles. The number of hydrogen-bond acceptors (Lipinski definition) is 6. The zero-order chi connectivity index (χ0) is 16.2. The van der Waals surface area contributed by atoms with Crippen LogP contribution in [0.2, 0.25) is 0 Å². The van der Waals surface area contributed by atoms with Crippen molar-refractivity contribution in [2.75, 3.05) is 0 Å². The van der Waals surface area contributed by atoms with Gasteiger partial charge in [0.25, 0.3) is 0 Å². The van der Waals surface area contributed by atoms with Gasteiger partial charge in [0.1, 0.15) is 11.5 Å². The van der Waals surface area contributed by atoms with Crippen molar-refractivity contribution in [2.24, 2.45) is 0 Å². The summed E-state index contributed by atoms with van der Waals surface area (Å²) in [7, 11) is 0. The highest BCUT2D eigenvalue weighted by Crippen LogP contribution is 2.11. The van der Waals surface area contributed by atoms with Crippen LogP contribution in [0.3, 0.4) is 0 Å². The molecular weight excluding hydrogens is 303 g/mol. The minimum atomic E-state index is -0.485. The van der Waals surface area contributed by atoms with E-state index in [1.54, 1.807) is 12.1 Å². The third kappa shape index (κ3) is 3.28. The average molecular weight is 314 g/mol. The first kappa shape index (κ1) is 14.6. The van der Waals surface area contributed by atoms with Crippen LogP contribution in [0.4, 0.5) is 4.39 Å². The van der Waals surface area contributed by atoms with Crippen molar-refractivity contribution in [1.82, 2.24) is 30.4 Å². The highest BCUT2D eigenvalue weighted by Gasteiger charge is 2.14. The van der Waals surface area contributed by atoms with Gasteiger partial charge >= 0.3 is 0 Å². The van der Waals surface area contributed by atoms with E-state index in [9.17, 15) is 14.3 Å². The van der Waals surface area contributed by atoms with E-state index >= 15 is 0 Å². The molecule has 0 radical (unpaired) electrons. The molecule has 9 heteroatoms. The second-order valence-corrected chi connectivity index (χ2v) is 4.63. The normalized spacial score (nSPS) is 11.6. The molecule has 0 saturated heterocycles. The van der Waals surface area contributed by atoms with E-state index in [0.29, 0.717) is 5.56 Å². The van der Waals surface area contributed by atoms with Crippen LogP contribution in [-0.4, -0.2) is 41.3 Å². The Balaban J connectivity index is 1.83. The summed E-state index contributed by atoms with van der Waals surface area (Å²) in [6.45, 7) is 0.225. The second kappa shape index (κ2) is 6.18.